The highest BCUT2D eigenvalue weighted by Crippen LogP contribution is 2.24. The molecule has 0 amide bonds. The van der Waals surface area contributed by atoms with E-state index in [-0.39, 0.29) is 6.54 Å². The van der Waals surface area contributed by atoms with Crippen molar-refractivity contribution in [1.29, 1.82) is 0 Å². The van der Waals surface area contributed by atoms with Crippen molar-refractivity contribution in [3.05, 3.63) is 0 Å². The molecule has 1 aliphatic heterocycles. The third-order valence-corrected chi connectivity index (χ3v) is 3.58. The maximum Gasteiger partial charge on any atom is 0.390 e. The zero-order chi connectivity index (χ0) is 12.9. The first kappa shape index (κ1) is 14.8. The molecule has 1 saturated heterocycles. The van der Waals surface area contributed by atoms with E-state index in [1.807, 2.05) is 4.90 Å². The van der Waals surface area contributed by atoms with E-state index in [0.717, 1.165) is 32.5 Å². The van der Waals surface area contributed by atoms with E-state index in [1.54, 1.807) is 0 Å². The summed E-state index contributed by atoms with van der Waals surface area (Å²) in [4.78, 5) is 1.93. The summed E-state index contributed by atoms with van der Waals surface area (Å²) < 4.78 is 36.2. The van der Waals surface area contributed by atoms with Crippen molar-refractivity contribution < 1.29 is 13.2 Å². The number of nitrogens with one attached hydrogen (secondary N) is 1. The predicted molar refractivity (Wildman–Crippen MR) is 63.0 cm³/mol. The Morgan fingerprint density at radius 1 is 1.29 bits per heavy atom. The normalized spacial score (nSPS) is 21.7. The molecule has 17 heavy (non-hydrogen) atoms. The fourth-order valence-corrected chi connectivity index (χ4v) is 2.45. The highest BCUT2D eigenvalue weighted by atomic mass is 19.4. The monoisotopic (exact) mass is 252 g/mol. The van der Waals surface area contributed by atoms with Gasteiger partial charge in [0, 0.05) is 12.6 Å². The molecule has 0 aromatic rings. The van der Waals surface area contributed by atoms with E-state index in [9.17, 15) is 13.2 Å². The minimum atomic E-state index is -4.02. The lowest BCUT2D eigenvalue weighted by atomic mass is 9.90. The third-order valence-electron chi connectivity index (χ3n) is 3.58. The minimum Gasteiger partial charge on any atom is -0.314 e. The highest BCUT2D eigenvalue weighted by molar-refractivity contribution is 4.79. The summed E-state index contributed by atoms with van der Waals surface area (Å²) in [6, 6.07) is 0.477. The molecule has 0 radical (unpaired) electrons. The first-order chi connectivity index (χ1) is 7.92. The number of hydrogen-bond acceptors (Lipinski definition) is 2. The summed E-state index contributed by atoms with van der Waals surface area (Å²) in [7, 11) is 0. The Bertz CT molecular complexity index is 210. The van der Waals surface area contributed by atoms with Crippen LogP contribution >= 0.6 is 0 Å². The third kappa shape index (κ3) is 5.73. The van der Waals surface area contributed by atoms with E-state index in [0.29, 0.717) is 12.0 Å². The van der Waals surface area contributed by atoms with Crippen LogP contribution in [0.1, 0.15) is 33.1 Å². The average molecular weight is 252 g/mol. The summed E-state index contributed by atoms with van der Waals surface area (Å²) in [5.74, 6) is 0.608. The summed E-state index contributed by atoms with van der Waals surface area (Å²) >= 11 is 0. The predicted octanol–water partition coefficient (Wildman–Crippen LogP) is 2.65. The van der Waals surface area contributed by atoms with Crippen LogP contribution in [-0.4, -0.2) is 43.3 Å². The Morgan fingerprint density at radius 2 is 1.88 bits per heavy atom. The van der Waals surface area contributed by atoms with Gasteiger partial charge < -0.3 is 10.2 Å². The molecule has 0 saturated carbocycles. The van der Waals surface area contributed by atoms with Crippen LogP contribution in [0.2, 0.25) is 0 Å². The van der Waals surface area contributed by atoms with Crippen LogP contribution in [0.25, 0.3) is 0 Å². The van der Waals surface area contributed by atoms with Crippen LogP contribution in [0, 0.1) is 5.92 Å². The van der Waals surface area contributed by atoms with Crippen molar-refractivity contribution in [1.82, 2.24) is 10.2 Å². The summed E-state index contributed by atoms with van der Waals surface area (Å²) in [6.07, 6.45) is -2.69. The topological polar surface area (TPSA) is 15.3 Å². The molecule has 1 atom stereocenters. The van der Waals surface area contributed by atoms with E-state index in [1.165, 1.54) is 0 Å². The molecule has 0 aromatic heterocycles. The maximum atomic E-state index is 12.1. The van der Waals surface area contributed by atoms with Gasteiger partial charge in [0.25, 0.3) is 0 Å². The van der Waals surface area contributed by atoms with Crippen molar-refractivity contribution >= 4 is 0 Å². The lowest BCUT2D eigenvalue weighted by Gasteiger charge is -2.35. The SMILES string of the molecule is CCNC(C)C1CCN(CCC(F)(F)F)CC1. The molecule has 5 heteroatoms. The van der Waals surface area contributed by atoms with E-state index in [4.69, 9.17) is 0 Å². The molecule has 0 aliphatic carbocycles. The standard InChI is InChI=1S/C12H23F3N2/c1-3-16-10(2)11-4-7-17(8-5-11)9-6-12(13,14)15/h10-11,16H,3-9H2,1-2H3. The molecule has 2 nitrogen and oxygen atoms in total. The van der Waals surface area contributed by atoms with Crippen molar-refractivity contribution in [2.75, 3.05) is 26.2 Å². The second-order valence-corrected chi connectivity index (χ2v) is 4.89. The molecular formula is C12H23F3N2. The van der Waals surface area contributed by atoms with Gasteiger partial charge in [-0.05, 0) is 45.3 Å². The molecule has 102 valence electrons. The van der Waals surface area contributed by atoms with Gasteiger partial charge in [0.15, 0.2) is 0 Å². The Morgan fingerprint density at radius 3 is 2.35 bits per heavy atom. The molecule has 1 heterocycles. The smallest absolute Gasteiger partial charge is 0.314 e. The van der Waals surface area contributed by atoms with Crippen molar-refractivity contribution in [3.63, 3.8) is 0 Å². The van der Waals surface area contributed by atoms with Crippen LogP contribution in [0.4, 0.5) is 13.2 Å². The largest absolute Gasteiger partial charge is 0.390 e. The van der Waals surface area contributed by atoms with Gasteiger partial charge in [0.05, 0.1) is 6.42 Å². The van der Waals surface area contributed by atoms with Crippen LogP contribution < -0.4 is 5.32 Å². The van der Waals surface area contributed by atoms with E-state index >= 15 is 0 Å². The van der Waals surface area contributed by atoms with Gasteiger partial charge in [-0.3, -0.25) is 0 Å². The summed E-state index contributed by atoms with van der Waals surface area (Å²) in [5.41, 5.74) is 0. The van der Waals surface area contributed by atoms with Gasteiger partial charge in [-0.1, -0.05) is 6.92 Å². The fraction of sp³-hybridized carbons (Fsp3) is 1.00. The van der Waals surface area contributed by atoms with Gasteiger partial charge in [0.2, 0.25) is 0 Å². The van der Waals surface area contributed by atoms with Gasteiger partial charge in [0.1, 0.15) is 0 Å². The molecule has 0 bridgehead atoms. The first-order valence-electron chi connectivity index (χ1n) is 6.45. The van der Waals surface area contributed by atoms with Crippen LogP contribution in [0.5, 0.6) is 0 Å². The summed E-state index contributed by atoms with van der Waals surface area (Å²) in [6.45, 7) is 6.96. The Kier molecular flexibility index (Phi) is 5.73. The average Bonchev–Trinajstić information content (AvgIpc) is 2.26. The Hall–Kier alpha value is -0.290. The molecule has 1 rings (SSSR count). The number of rotatable bonds is 5. The van der Waals surface area contributed by atoms with Gasteiger partial charge in [-0.15, -0.1) is 0 Å². The molecule has 1 N–H and O–H groups in total. The van der Waals surface area contributed by atoms with Crippen molar-refractivity contribution in [3.8, 4) is 0 Å². The Labute approximate surface area is 102 Å². The number of nitrogens with zero attached hydrogens (tertiary/aromatic N) is 1. The molecule has 1 aliphatic rings. The summed E-state index contributed by atoms with van der Waals surface area (Å²) in [5, 5.41) is 3.39. The number of likely N-dealkylation sites (tertiary alicyclic amines) is 1. The highest BCUT2D eigenvalue weighted by Gasteiger charge is 2.29. The molecule has 1 fully saturated rings. The number of alkyl halides is 3. The lowest BCUT2D eigenvalue weighted by molar-refractivity contribution is -0.138. The zero-order valence-corrected chi connectivity index (χ0v) is 10.7. The second kappa shape index (κ2) is 6.59. The zero-order valence-electron chi connectivity index (χ0n) is 10.7. The number of piperidine rings is 1. The fourth-order valence-electron chi connectivity index (χ4n) is 2.45. The number of halogens is 3. The van der Waals surface area contributed by atoms with Gasteiger partial charge >= 0.3 is 6.18 Å². The maximum absolute atomic E-state index is 12.1. The lowest BCUT2D eigenvalue weighted by Crippen LogP contribution is -2.42. The van der Waals surface area contributed by atoms with E-state index in [2.05, 4.69) is 19.2 Å². The van der Waals surface area contributed by atoms with Gasteiger partial charge in [-0.2, -0.15) is 13.2 Å². The molecule has 1 unspecified atom stereocenters. The molecule has 0 spiro atoms. The van der Waals surface area contributed by atoms with E-state index < -0.39 is 12.6 Å². The molecule has 0 aromatic carbocycles. The minimum absolute atomic E-state index is 0.159. The first-order valence-corrected chi connectivity index (χ1v) is 6.45. The second-order valence-electron chi connectivity index (χ2n) is 4.89. The Balaban J connectivity index is 2.21. The van der Waals surface area contributed by atoms with Gasteiger partial charge in [-0.25, -0.2) is 0 Å². The van der Waals surface area contributed by atoms with Crippen molar-refractivity contribution in [2.45, 2.75) is 45.3 Å². The van der Waals surface area contributed by atoms with Crippen LogP contribution in [-0.2, 0) is 0 Å². The van der Waals surface area contributed by atoms with Crippen LogP contribution in [0.3, 0.4) is 0 Å². The van der Waals surface area contributed by atoms with Crippen molar-refractivity contribution in [2.24, 2.45) is 5.92 Å². The number of hydrogen-bond donors (Lipinski definition) is 1. The molecular weight excluding hydrogens is 229 g/mol. The quantitative estimate of drug-likeness (QED) is 0.809. The van der Waals surface area contributed by atoms with Crippen LogP contribution in [0.15, 0.2) is 0 Å².